The molecule has 0 aromatic carbocycles. The first-order valence-electron chi connectivity index (χ1n) is 8.68. The van der Waals surface area contributed by atoms with Gasteiger partial charge in [0, 0.05) is 43.2 Å². The van der Waals surface area contributed by atoms with Crippen molar-refractivity contribution in [2.24, 2.45) is 0 Å². The number of rotatable bonds is 1. The molecule has 1 aromatic rings. The fraction of sp³-hybridized carbons (Fsp3) is 0.368. The molecule has 0 saturated carbocycles. The number of amides is 1. The molecule has 1 saturated heterocycles. The number of hydrogen-bond donors (Lipinski definition) is 2. The Hall–Kier alpha value is -2.60. The zero-order valence-electron chi connectivity index (χ0n) is 14.5. The van der Waals surface area contributed by atoms with Gasteiger partial charge in [-0.3, -0.25) is 4.79 Å². The number of fused-ring (bicyclic) bond motifs is 1. The van der Waals surface area contributed by atoms with E-state index < -0.39 is 6.17 Å². The topological polar surface area (TPSA) is 57.5 Å². The Balaban J connectivity index is 1.67. The van der Waals surface area contributed by atoms with Crippen molar-refractivity contribution in [2.45, 2.75) is 32.2 Å². The molecule has 1 fully saturated rings. The van der Waals surface area contributed by atoms with Gasteiger partial charge in [0.2, 0.25) is 5.69 Å². The molecule has 3 aliphatic rings. The van der Waals surface area contributed by atoms with Crippen LogP contribution in [0.1, 0.15) is 25.7 Å². The van der Waals surface area contributed by atoms with Gasteiger partial charge in [0.05, 0.1) is 12.2 Å². The summed E-state index contributed by atoms with van der Waals surface area (Å²) in [4.78, 5) is 15.1. The molecule has 0 bridgehead atoms. The minimum Gasteiger partial charge on any atom is -0.372 e. The summed E-state index contributed by atoms with van der Waals surface area (Å²) in [7, 11) is 0. The van der Waals surface area contributed by atoms with Crippen LogP contribution in [0.25, 0.3) is 5.70 Å². The van der Waals surface area contributed by atoms with Crippen molar-refractivity contribution in [2.75, 3.05) is 13.1 Å². The Morgan fingerprint density at radius 1 is 1.20 bits per heavy atom. The summed E-state index contributed by atoms with van der Waals surface area (Å²) in [5.74, 6) is 0.0805. The molecule has 130 valence electrons. The van der Waals surface area contributed by atoms with Crippen molar-refractivity contribution in [3.8, 4) is 0 Å². The molecule has 6 heteroatoms. The van der Waals surface area contributed by atoms with E-state index in [1.807, 2.05) is 72.3 Å². The lowest BCUT2D eigenvalue weighted by Crippen LogP contribution is -2.56. The van der Waals surface area contributed by atoms with Gasteiger partial charge < -0.3 is 20.3 Å². The van der Waals surface area contributed by atoms with Gasteiger partial charge in [0.25, 0.3) is 0 Å². The minimum absolute atomic E-state index is 0.0578. The molecule has 3 unspecified atom stereocenters. The van der Waals surface area contributed by atoms with Crippen LogP contribution < -0.4 is 15.2 Å². The monoisotopic (exact) mass is 339 g/mol. The molecule has 2 N–H and O–H groups in total. The molecule has 4 rings (SSSR count). The molecule has 3 aliphatic heterocycles. The van der Waals surface area contributed by atoms with E-state index in [4.69, 9.17) is 4.74 Å². The summed E-state index contributed by atoms with van der Waals surface area (Å²) in [6, 6.07) is 5.99. The van der Waals surface area contributed by atoms with E-state index in [1.54, 1.807) is 0 Å². The number of morpholine rings is 1. The van der Waals surface area contributed by atoms with Crippen LogP contribution in [0.5, 0.6) is 0 Å². The van der Waals surface area contributed by atoms with Crippen molar-refractivity contribution in [1.29, 1.82) is 0 Å². The molecule has 1 amide bonds. The maximum Gasteiger partial charge on any atom is 0.314 e. The predicted molar refractivity (Wildman–Crippen MR) is 93.7 cm³/mol. The number of carbonyl (C=O) groups is 1. The van der Waals surface area contributed by atoms with Crippen molar-refractivity contribution in [3.63, 3.8) is 0 Å². The second-order valence-corrected chi connectivity index (χ2v) is 6.70. The molecule has 0 spiro atoms. The highest BCUT2D eigenvalue weighted by molar-refractivity contribution is 5.83. The summed E-state index contributed by atoms with van der Waals surface area (Å²) in [6.07, 6.45) is 9.44. The number of nitrogens with zero attached hydrogens (tertiary/aromatic N) is 2. The van der Waals surface area contributed by atoms with E-state index in [-0.39, 0.29) is 18.1 Å². The van der Waals surface area contributed by atoms with E-state index in [9.17, 15) is 4.79 Å². The molecule has 0 aliphatic carbocycles. The van der Waals surface area contributed by atoms with E-state index in [0.29, 0.717) is 13.1 Å². The molecule has 25 heavy (non-hydrogen) atoms. The SMILES string of the molecule is CC1CN(C(=O)C2NC(=C3C=CNC=C3)c3cccc[n+]32)CC(C)O1. The Kier molecular flexibility index (Phi) is 4.05. The van der Waals surface area contributed by atoms with Crippen LogP contribution in [-0.2, 0) is 9.53 Å². The van der Waals surface area contributed by atoms with Gasteiger partial charge in [-0.25, -0.2) is 0 Å². The zero-order valence-corrected chi connectivity index (χ0v) is 14.5. The minimum atomic E-state index is -0.423. The summed E-state index contributed by atoms with van der Waals surface area (Å²) in [6.45, 7) is 5.27. The number of nitrogens with one attached hydrogen (secondary N) is 2. The van der Waals surface area contributed by atoms with Crippen LogP contribution in [0.2, 0.25) is 0 Å². The highest BCUT2D eigenvalue weighted by atomic mass is 16.5. The van der Waals surface area contributed by atoms with Crippen molar-refractivity contribution in [3.05, 3.63) is 60.2 Å². The molecule has 4 heterocycles. The number of carbonyl (C=O) groups excluding carboxylic acids is 1. The smallest absolute Gasteiger partial charge is 0.314 e. The van der Waals surface area contributed by atoms with Crippen LogP contribution in [0, 0.1) is 0 Å². The fourth-order valence-electron chi connectivity index (χ4n) is 3.67. The number of dihydropyridines is 1. The van der Waals surface area contributed by atoms with Gasteiger partial charge in [0.1, 0.15) is 5.70 Å². The van der Waals surface area contributed by atoms with Crippen molar-refractivity contribution in [1.82, 2.24) is 15.5 Å². The van der Waals surface area contributed by atoms with Crippen LogP contribution in [-0.4, -0.2) is 36.1 Å². The van der Waals surface area contributed by atoms with Crippen LogP contribution in [0.15, 0.2) is 54.5 Å². The predicted octanol–water partition coefficient (Wildman–Crippen LogP) is 1.05. The third-order valence-corrected chi connectivity index (χ3v) is 4.68. The Bertz CT molecular complexity index is 759. The molecule has 1 aromatic heterocycles. The quantitative estimate of drug-likeness (QED) is 0.751. The summed E-state index contributed by atoms with van der Waals surface area (Å²) in [5.41, 5.74) is 3.04. The fourth-order valence-corrected chi connectivity index (χ4v) is 3.67. The van der Waals surface area contributed by atoms with Gasteiger partial charge in [-0.15, -0.1) is 0 Å². The lowest BCUT2D eigenvalue weighted by molar-refractivity contribution is -0.706. The van der Waals surface area contributed by atoms with E-state index in [2.05, 4.69) is 10.6 Å². The largest absolute Gasteiger partial charge is 0.372 e. The van der Waals surface area contributed by atoms with Crippen molar-refractivity contribution < 1.29 is 14.1 Å². The molecule has 3 atom stereocenters. The zero-order chi connectivity index (χ0) is 17.4. The maximum atomic E-state index is 13.2. The normalized spacial score (nSPS) is 27.8. The van der Waals surface area contributed by atoms with E-state index in [0.717, 1.165) is 17.0 Å². The number of aromatic nitrogens is 1. The van der Waals surface area contributed by atoms with Gasteiger partial charge in [-0.05, 0) is 32.1 Å². The van der Waals surface area contributed by atoms with Crippen molar-refractivity contribution >= 4 is 11.6 Å². The first kappa shape index (κ1) is 15.9. The van der Waals surface area contributed by atoms with Gasteiger partial charge in [-0.1, -0.05) is 0 Å². The first-order chi connectivity index (χ1) is 12.1. The maximum absolute atomic E-state index is 13.2. The average Bonchev–Trinajstić information content (AvgIpc) is 3.01. The van der Waals surface area contributed by atoms with E-state index >= 15 is 0 Å². The summed E-state index contributed by atoms with van der Waals surface area (Å²) < 4.78 is 7.77. The van der Waals surface area contributed by atoms with Crippen LogP contribution >= 0.6 is 0 Å². The van der Waals surface area contributed by atoms with Crippen LogP contribution in [0.3, 0.4) is 0 Å². The van der Waals surface area contributed by atoms with Gasteiger partial charge >= 0.3 is 12.1 Å². The highest BCUT2D eigenvalue weighted by Gasteiger charge is 2.43. The highest BCUT2D eigenvalue weighted by Crippen LogP contribution is 2.25. The van der Waals surface area contributed by atoms with Crippen LogP contribution in [0.4, 0.5) is 0 Å². The van der Waals surface area contributed by atoms with Gasteiger partial charge in [-0.2, -0.15) is 4.57 Å². The molecular formula is C19H23N4O2+. The third-order valence-electron chi connectivity index (χ3n) is 4.68. The number of pyridine rings is 1. The molecular weight excluding hydrogens is 316 g/mol. The number of hydrogen-bond acceptors (Lipinski definition) is 4. The third kappa shape index (κ3) is 2.93. The lowest BCUT2D eigenvalue weighted by atomic mass is 10.1. The average molecular weight is 339 g/mol. The lowest BCUT2D eigenvalue weighted by Gasteiger charge is -2.35. The Morgan fingerprint density at radius 2 is 1.92 bits per heavy atom. The molecule has 6 nitrogen and oxygen atoms in total. The summed E-state index contributed by atoms with van der Waals surface area (Å²) >= 11 is 0. The number of ether oxygens (including phenoxy) is 1. The Morgan fingerprint density at radius 3 is 2.64 bits per heavy atom. The second-order valence-electron chi connectivity index (χ2n) is 6.70. The first-order valence-corrected chi connectivity index (χ1v) is 8.68. The Labute approximate surface area is 147 Å². The number of allylic oxidation sites excluding steroid dienone is 3. The second kappa shape index (κ2) is 6.37. The molecule has 0 radical (unpaired) electrons. The standard InChI is InChI=1S/C19H22N4O2/c1-13-11-22(12-14(2)25-13)19(24)18-21-17(15-6-8-20-9-7-15)16-5-3-4-10-23(16)18/h3-10,13-14,18,21H,11-12H2,1-2H3/p+1. The summed E-state index contributed by atoms with van der Waals surface area (Å²) in [5, 5.41) is 6.47. The van der Waals surface area contributed by atoms with Gasteiger partial charge in [0.15, 0.2) is 6.20 Å². The van der Waals surface area contributed by atoms with E-state index in [1.165, 1.54) is 0 Å².